The summed E-state index contributed by atoms with van der Waals surface area (Å²) in [6.45, 7) is 7.36. The Kier molecular flexibility index (Phi) is 4.89. The maximum atomic E-state index is 11.3. The number of carbonyl (C=O) groups is 1. The van der Waals surface area contributed by atoms with Gasteiger partial charge in [0, 0.05) is 12.0 Å². The van der Waals surface area contributed by atoms with Crippen LogP contribution in [0.5, 0.6) is 5.75 Å². The average molecular weight is 289 g/mol. The van der Waals surface area contributed by atoms with E-state index < -0.39 is 0 Å². The lowest BCUT2D eigenvalue weighted by molar-refractivity contribution is -0.114. The first-order valence-corrected chi connectivity index (χ1v) is 6.74. The van der Waals surface area contributed by atoms with Crippen molar-refractivity contribution in [2.24, 2.45) is 0 Å². The van der Waals surface area contributed by atoms with Gasteiger partial charge in [-0.1, -0.05) is 37.4 Å². The second-order valence-corrected chi connectivity index (χ2v) is 4.71. The number of ketones is 1. The van der Waals surface area contributed by atoms with Gasteiger partial charge in [-0.3, -0.25) is 4.79 Å². The number of allylic oxidation sites excluding steroid dienone is 1. The highest BCUT2D eigenvalue weighted by atomic mass is 16.5. The number of rotatable bonds is 6. The van der Waals surface area contributed by atoms with E-state index in [1.807, 2.05) is 24.3 Å². The molecule has 0 aliphatic carbocycles. The fraction of sp³-hybridized carbons (Fsp3) is 0.0526. The fourth-order valence-corrected chi connectivity index (χ4v) is 1.88. The molecule has 3 nitrogen and oxygen atoms in total. The molecule has 3 heteroatoms. The van der Waals surface area contributed by atoms with Gasteiger partial charge in [0.25, 0.3) is 0 Å². The van der Waals surface area contributed by atoms with Crippen LogP contribution in [0.2, 0.25) is 0 Å². The third kappa shape index (κ3) is 3.94. The number of hydrogen-bond acceptors (Lipinski definition) is 3. The lowest BCUT2D eigenvalue weighted by Crippen LogP contribution is -1.98. The van der Waals surface area contributed by atoms with E-state index in [-0.39, 0.29) is 5.78 Å². The molecule has 0 fully saturated rings. The smallest absolute Gasteiger partial charge is 0.159 e. The van der Waals surface area contributed by atoms with Gasteiger partial charge in [-0.2, -0.15) is 5.26 Å². The topological polar surface area (TPSA) is 50.1 Å². The minimum Gasteiger partial charge on any atom is -0.457 e. The predicted molar refractivity (Wildman–Crippen MR) is 86.2 cm³/mol. The summed E-state index contributed by atoms with van der Waals surface area (Å²) < 4.78 is 5.66. The summed E-state index contributed by atoms with van der Waals surface area (Å²) in [6.07, 6.45) is 1.66. The van der Waals surface area contributed by atoms with Gasteiger partial charge in [0.05, 0.1) is 11.6 Å². The van der Waals surface area contributed by atoms with E-state index in [0.29, 0.717) is 23.5 Å². The van der Waals surface area contributed by atoms with E-state index in [4.69, 9.17) is 10.00 Å². The molecule has 22 heavy (non-hydrogen) atoms. The molecule has 2 rings (SSSR count). The van der Waals surface area contributed by atoms with Crippen molar-refractivity contribution in [3.05, 3.63) is 84.5 Å². The molecule has 0 aromatic heterocycles. The minimum absolute atomic E-state index is 0.0135. The summed E-state index contributed by atoms with van der Waals surface area (Å²) in [4.78, 5) is 11.3. The highest BCUT2D eigenvalue weighted by Gasteiger charge is 2.04. The Hall–Kier alpha value is -3.12. The van der Waals surface area contributed by atoms with Crippen LogP contribution >= 0.6 is 0 Å². The van der Waals surface area contributed by atoms with Crippen molar-refractivity contribution in [1.82, 2.24) is 0 Å². The molecule has 108 valence electrons. The number of nitriles is 1. The van der Waals surface area contributed by atoms with E-state index in [0.717, 1.165) is 11.1 Å². The van der Waals surface area contributed by atoms with Gasteiger partial charge < -0.3 is 4.74 Å². The molecule has 0 aliphatic rings. The molecule has 0 amide bonds. The summed E-state index contributed by atoms with van der Waals surface area (Å²) in [5.74, 6) is 1.11. The van der Waals surface area contributed by atoms with Crippen LogP contribution in [0, 0.1) is 11.3 Å². The average Bonchev–Trinajstić information content (AvgIpc) is 2.56. The van der Waals surface area contributed by atoms with Crippen LogP contribution in [0.3, 0.4) is 0 Å². The molecule has 2 aromatic carbocycles. The van der Waals surface area contributed by atoms with E-state index in [1.165, 1.54) is 6.08 Å². The van der Waals surface area contributed by atoms with Crippen molar-refractivity contribution in [2.45, 2.75) is 6.42 Å². The molecule has 0 saturated carbocycles. The van der Waals surface area contributed by atoms with Crippen molar-refractivity contribution in [1.29, 1.82) is 5.26 Å². The number of ether oxygens (including phenoxy) is 1. The maximum absolute atomic E-state index is 11.3. The van der Waals surface area contributed by atoms with Crippen molar-refractivity contribution >= 4 is 11.5 Å². The van der Waals surface area contributed by atoms with Crippen molar-refractivity contribution in [3.63, 3.8) is 0 Å². The zero-order valence-corrected chi connectivity index (χ0v) is 12.1. The molecular formula is C19H15NO2. The van der Waals surface area contributed by atoms with E-state index in [9.17, 15) is 4.79 Å². The monoisotopic (exact) mass is 289 g/mol. The normalized spacial score (nSPS) is 9.59. The van der Waals surface area contributed by atoms with Crippen molar-refractivity contribution in [2.75, 3.05) is 0 Å². The molecule has 0 saturated heterocycles. The Labute approximate surface area is 129 Å². The van der Waals surface area contributed by atoms with Crippen LogP contribution in [-0.2, 0) is 11.2 Å². The van der Waals surface area contributed by atoms with E-state index in [1.54, 1.807) is 24.3 Å². The zero-order valence-electron chi connectivity index (χ0n) is 12.1. The van der Waals surface area contributed by atoms with Gasteiger partial charge in [0.15, 0.2) is 5.78 Å². The molecular weight excluding hydrogens is 274 g/mol. The highest BCUT2D eigenvalue weighted by molar-refractivity contribution is 5.90. The van der Waals surface area contributed by atoms with Crippen molar-refractivity contribution < 1.29 is 9.53 Å². The lowest BCUT2D eigenvalue weighted by Gasteiger charge is -2.09. The third-order valence-electron chi connectivity index (χ3n) is 3.11. The lowest BCUT2D eigenvalue weighted by atomic mass is 10.1. The molecule has 0 unspecified atom stereocenters. The Bertz CT molecular complexity index is 734. The Balaban J connectivity index is 2.04. The van der Waals surface area contributed by atoms with Gasteiger partial charge in [0.2, 0.25) is 0 Å². The van der Waals surface area contributed by atoms with Crippen LogP contribution in [0.1, 0.15) is 16.7 Å². The largest absolute Gasteiger partial charge is 0.457 e. The zero-order chi connectivity index (χ0) is 15.9. The van der Waals surface area contributed by atoms with Crippen LogP contribution < -0.4 is 4.74 Å². The summed E-state index contributed by atoms with van der Waals surface area (Å²) in [7, 11) is 0. The molecule has 0 bridgehead atoms. The second kappa shape index (κ2) is 7.05. The van der Waals surface area contributed by atoms with Crippen LogP contribution in [0.4, 0.5) is 0 Å². The molecule has 2 aromatic rings. The fourth-order valence-electron chi connectivity index (χ4n) is 1.88. The predicted octanol–water partition coefficient (Wildman–Crippen LogP) is 3.91. The molecule has 0 heterocycles. The van der Waals surface area contributed by atoms with Gasteiger partial charge >= 0.3 is 0 Å². The Morgan fingerprint density at radius 2 is 1.77 bits per heavy atom. The van der Waals surface area contributed by atoms with Crippen molar-refractivity contribution in [3.8, 4) is 11.8 Å². The van der Waals surface area contributed by atoms with Crippen LogP contribution in [0.25, 0.3) is 5.76 Å². The third-order valence-corrected chi connectivity index (χ3v) is 3.11. The van der Waals surface area contributed by atoms with Gasteiger partial charge in [-0.15, -0.1) is 0 Å². The summed E-state index contributed by atoms with van der Waals surface area (Å²) in [5, 5.41) is 8.76. The molecule has 0 atom stereocenters. The molecule has 0 radical (unpaired) electrons. The summed E-state index contributed by atoms with van der Waals surface area (Å²) in [6, 6.07) is 16.3. The molecule has 0 N–H and O–H groups in total. The Morgan fingerprint density at radius 3 is 2.32 bits per heavy atom. The van der Waals surface area contributed by atoms with Crippen LogP contribution in [-0.4, -0.2) is 5.78 Å². The first-order valence-electron chi connectivity index (χ1n) is 6.74. The molecule has 0 aliphatic heterocycles. The summed E-state index contributed by atoms with van der Waals surface area (Å²) >= 11 is 0. The number of benzene rings is 2. The maximum Gasteiger partial charge on any atom is 0.159 e. The number of carbonyl (C=O) groups excluding carboxylic acids is 1. The standard InChI is InChI=1S/C19H15NO2/c1-3-18(21)12-15-4-8-17(9-5-15)14(2)22-19-10-6-16(13-20)7-11-19/h3-11H,1-2,12H2. The minimum atomic E-state index is -0.0135. The Morgan fingerprint density at radius 1 is 1.14 bits per heavy atom. The van der Waals surface area contributed by atoms with Crippen LogP contribution in [0.15, 0.2) is 67.8 Å². The molecule has 0 spiro atoms. The number of nitrogens with zero attached hydrogens (tertiary/aromatic N) is 1. The van der Waals surface area contributed by atoms with Gasteiger partial charge in [-0.25, -0.2) is 0 Å². The first kappa shape index (κ1) is 15.3. The van der Waals surface area contributed by atoms with Gasteiger partial charge in [0.1, 0.15) is 11.5 Å². The summed E-state index contributed by atoms with van der Waals surface area (Å²) in [5.41, 5.74) is 2.33. The first-order chi connectivity index (χ1) is 10.6. The number of hydrogen-bond donors (Lipinski definition) is 0. The van der Waals surface area contributed by atoms with Gasteiger partial charge in [-0.05, 0) is 35.9 Å². The van der Waals surface area contributed by atoms with E-state index in [2.05, 4.69) is 19.2 Å². The quantitative estimate of drug-likeness (QED) is 0.598. The highest BCUT2D eigenvalue weighted by Crippen LogP contribution is 2.20. The SMILES string of the molecule is C=CC(=O)Cc1ccc(C(=C)Oc2ccc(C#N)cc2)cc1. The van der Waals surface area contributed by atoms with E-state index >= 15 is 0 Å². The second-order valence-electron chi connectivity index (χ2n) is 4.71.